The van der Waals surface area contributed by atoms with E-state index in [1.54, 1.807) is 23.5 Å². The lowest BCUT2D eigenvalue weighted by atomic mass is 10.2. The van der Waals surface area contributed by atoms with Crippen LogP contribution in [-0.4, -0.2) is 16.8 Å². The average Bonchev–Trinajstić information content (AvgIpc) is 2.49. The van der Waals surface area contributed by atoms with Gasteiger partial charge in [0.05, 0.1) is 0 Å². The predicted molar refractivity (Wildman–Crippen MR) is 93.6 cm³/mol. The Morgan fingerprint density at radius 3 is 2.48 bits per heavy atom. The van der Waals surface area contributed by atoms with Crippen molar-refractivity contribution >= 4 is 45.3 Å². The second-order valence-electron chi connectivity index (χ2n) is 4.08. The van der Waals surface area contributed by atoms with Gasteiger partial charge in [-0.1, -0.05) is 42.0 Å². The third kappa shape index (κ3) is 3.96. The van der Waals surface area contributed by atoms with Gasteiger partial charge < -0.3 is 10.9 Å². The molecule has 2 aromatic carbocycles. The van der Waals surface area contributed by atoms with E-state index >= 15 is 0 Å². The molecule has 0 aliphatic heterocycles. The summed E-state index contributed by atoms with van der Waals surface area (Å²) < 4.78 is 1.02. The first kappa shape index (κ1) is 16.3. The molecule has 0 atom stereocenters. The number of oxime groups is 1. The van der Waals surface area contributed by atoms with Gasteiger partial charge in [-0.2, -0.15) is 0 Å². The molecule has 0 aliphatic carbocycles. The van der Waals surface area contributed by atoms with Gasteiger partial charge in [0, 0.05) is 24.7 Å². The maximum absolute atomic E-state index is 9.06. The van der Waals surface area contributed by atoms with E-state index in [-0.39, 0.29) is 5.84 Å². The van der Waals surface area contributed by atoms with Crippen molar-refractivity contribution in [3.8, 4) is 0 Å². The zero-order valence-corrected chi connectivity index (χ0v) is 14.6. The van der Waals surface area contributed by atoms with Crippen molar-refractivity contribution in [3.63, 3.8) is 0 Å². The molecule has 0 fully saturated rings. The number of halogens is 1. The number of amidine groups is 1. The highest BCUT2D eigenvalue weighted by atomic mass is 79.9. The molecule has 0 amide bonds. The summed E-state index contributed by atoms with van der Waals surface area (Å²) in [7, 11) is 0. The van der Waals surface area contributed by atoms with Gasteiger partial charge in [-0.15, -0.1) is 11.8 Å². The van der Waals surface area contributed by atoms with Crippen molar-refractivity contribution in [2.24, 2.45) is 10.9 Å². The highest BCUT2D eigenvalue weighted by Crippen LogP contribution is 2.38. The van der Waals surface area contributed by atoms with E-state index in [9.17, 15) is 0 Å². The van der Waals surface area contributed by atoms with Crippen LogP contribution >= 0.6 is 39.5 Å². The SMILES string of the molecule is CCSc1cccc(Sc2ccccc2Br)c1/C(N)=N/O. The van der Waals surface area contributed by atoms with Gasteiger partial charge in [0.15, 0.2) is 5.84 Å². The second kappa shape index (κ2) is 7.77. The van der Waals surface area contributed by atoms with Crippen LogP contribution in [0.5, 0.6) is 0 Å². The average molecular weight is 383 g/mol. The molecule has 6 heteroatoms. The van der Waals surface area contributed by atoms with E-state index in [0.717, 1.165) is 30.5 Å². The number of rotatable bonds is 5. The lowest BCUT2D eigenvalue weighted by molar-refractivity contribution is 0.318. The van der Waals surface area contributed by atoms with Crippen LogP contribution in [0.15, 0.2) is 66.8 Å². The Kier molecular flexibility index (Phi) is 6.02. The minimum absolute atomic E-state index is 0.140. The van der Waals surface area contributed by atoms with Crippen LogP contribution in [0.3, 0.4) is 0 Å². The largest absolute Gasteiger partial charge is 0.409 e. The zero-order chi connectivity index (χ0) is 15.2. The normalized spacial score (nSPS) is 11.6. The van der Waals surface area contributed by atoms with E-state index < -0.39 is 0 Å². The number of benzene rings is 2. The molecule has 2 rings (SSSR count). The molecule has 2 aromatic rings. The van der Waals surface area contributed by atoms with Crippen molar-refractivity contribution < 1.29 is 5.21 Å². The van der Waals surface area contributed by atoms with Crippen LogP contribution in [0.25, 0.3) is 0 Å². The van der Waals surface area contributed by atoms with E-state index in [1.165, 1.54) is 0 Å². The molecule has 0 saturated heterocycles. The lowest BCUT2D eigenvalue weighted by Crippen LogP contribution is -2.15. The molecule has 0 unspecified atom stereocenters. The van der Waals surface area contributed by atoms with Crippen molar-refractivity contribution in [1.82, 2.24) is 0 Å². The Morgan fingerprint density at radius 2 is 1.81 bits per heavy atom. The molecular weight excluding hydrogens is 368 g/mol. The highest BCUT2D eigenvalue weighted by Gasteiger charge is 2.14. The van der Waals surface area contributed by atoms with Crippen molar-refractivity contribution in [2.75, 3.05) is 5.75 Å². The molecule has 3 nitrogen and oxygen atoms in total. The number of hydrogen-bond acceptors (Lipinski definition) is 4. The van der Waals surface area contributed by atoms with Crippen LogP contribution in [0.4, 0.5) is 0 Å². The monoisotopic (exact) mass is 382 g/mol. The van der Waals surface area contributed by atoms with Crippen LogP contribution in [0.2, 0.25) is 0 Å². The Hall–Kier alpha value is -1.11. The zero-order valence-electron chi connectivity index (χ0n) is 11.4. The van der Waals surface area contributed by atoms with Gasteiger partial charge in [0.2, 0.25) is 0 Å². The van der Waals surface area contributed by atoms with Crippen LogP contribution < -0.4 is 5.73 Å². The number of hydrogen-bond donors (Lipinski definition) is 2. The van der Waals surface area contributed by atoms with Crippen LogP contribution in [0.1, 0.15) is 12.5 Å². The summed E-state index contributed by atoms with van der Waals surface area (Å²) in [6.07, 6.45) is 0. The number of nitrogens with two attached hydrogens (primary N) is 1. The molecule has 0 aromatic heterocycles. The molecule has 0 spiro atoms. The first-order valence-electron chi connectivity index (χ1n) is 6.33. The fourth-order valence-electron chi connectivity index (χ4n) is 1.82. The maximum atomic E-state index is 9.06. The quantitative estimate of drug-likeness (QED) is 0.256. The Bertz CT molecular complexity index is 662. The summed E-state index contributed by atoms with van der Waals surface area (Å²) in [6.45, 7) is 2.08. The molecule has 0 aliphatic rings. The van der Waals surface area contributed by atoms with Crippen LogP contribution in [0, 0.1) is 0 Å². The Labute approximate surface area is 141 Å². The van der Waals surface area contributed by atoms with Gasteiger partial charge in [-0.05, 0) is 45.9 Å². The first-order chi connectivity index (χ1) is 10.2. The molecule has 110 valence electrons. The summed E-state index contributed by atoms with van der Waals surface area (Å²) in [5, 5.41) is 12.2. The predicted octanol–water partition coefficient (Wildman–Crippen LogP) is 4.81. The molecule has 0 bridgehead atoms. The number of thioether (sulfide) groups is 1. The van der Waals surface area contributed by atoms with E-state index in [2.05, 4.69) is 28.0 Å². The lowest BCUT2D eigenvalue weighted by Gasteiger charge is -2.13. The highest BCUT2D eigenvalue weighted by molar-refractivity contribution is 9.10. The Morgan fingerprint density at radius 1 is 1.14 bits per heavy atom. The summed E-state index contributed by atoms with van der Waals surface area (Å²) in [5.41, 5.74) is 6.66. The fraction of sp³-hybridized carbons (Fsp3) is 0.133. The van der Waals surface area contributed by atoms with Gasteiger partial charge in [0.1, 0.15) is 0 Å². The smallest absolute Gasteiger partial charge is 0.172 e. The van der Waals surface area contributed by atoms with Gasteiger partial charge in [-0.25, -0.2) is 0 Å². The van der Waals surface area contributed by atoms with E-state index in [1.807, 2.05) is 42.5 Å². The molecule has 3 N–H and O–H groups in total. The summed E-state index contributed by atoms with van der Waals surface area (Å²) in [4.78, 5) is 3.07. The fourth-order valence-corrected chi connectivity index (χ4v) is 4.27. The topological polar surface area (TPSA) is 58.6 Å². The third-order valence-electron chi connectivity index (χ3n) is 2.71. The summed E-state index contributed by atoms with van der Waals surface area (Å²) in [5.74, 6) is 1.07. The second-order valence-corrected chi connectivity index (χ2v) is 7.32. The van der Waals surface area contributed by atoms with Crippen molar-refractivity contribution in [1.29, 1.82) is 0 Å². The molecular formula is C15H15BrN2OS2. The minimum atomic E-state index is 0.140. The van der Waals surface area contributed by atoms with Crippen LogP contribution in [-0.2, 0) is 0 Å². The van der Waals surface area contributed by atoms with Gasteiger partial charge in [-0.3, -0.25) is 0 Å². The van der Waals surface area contributed by atoms with E-state index in [4.69, 9.17) is 10.9 Å². The summed E-state index contributed by atoms with van der Waals surface area (Å²) >= 11 is 6.81. The van der Waals surface area contributed by atoms with E-state index in [0.29, 0.717) is 0 Å². The minimum Gasteiger partial charge on any atom is -0.409 e. The van der Waals surface area contributed by atoms with Gasteiger partial charge in [0.25, 0.3) is 0 Å². The van der Waals surface area contributed by atoms with Crippen molar-refractivity contribution in [2.45, 2.75) is 21.6 Å². The van der Waals surface area contributed by atoms with Gasteiger partial charge >= 0.3 is 0 Å². The molecule has 0 saturated carbocycles. The molecule has 0 heterocycles. The summed E-state index contributed by atoms with van der Waals surface area (Å²) in [6, 6.07) is 14.0. The number of nitrogens with zero attached hydrogens (tertiary/aromatic N) is 1. The van der Waals surface area contributed by atoms with Crippen molar-refractivity contribution in [3.05, 3.63) is 52.5 Å². The third-order valence-corrected chi connectivity index (χ3v) is 5.74. The first-order valence-corrected chi connectivity index (χ1v) is 8.93. The maximum Gasteiger partial charge on any atom is 0.172 e. The molecule has 21 heavy (non-hydrogen) atoms. The Balaban J connectivity index is 2.48. The standard InChI is InChI=1S/C15H15BrN2OS2/c1-2-20-12-8-5-9-13(14(12)15(17)18-19)21-11-7-4-3-6-10(11)16/h3-9,19H,2H2,1H3,(H2,17,18). The molecule has 0 radical (unpaired) electrons.